The second-order valence-electron chi connectivity index (χ2n) is 4.00. The SMILES string of the molecule is NC(=S)c1cc(NS(=O)(=O)c2cncc(F)c2)ccc1F. The molecule has 0 saturated carbocycles. The lowest BCUT2D eigenvalue weighted by Crippen LogP contribution is -2.16. The minimum absolute atomic E-state index is 0.0449. The van der Waals surface area contributed by atoms with Crippen LogP contribution in [-0.2, 0) is 10.0 Å². The van der Waals surface area contributed by atoms with E-state index in [1.165, 1.54) is 6.07 Å². The van der Waals surface area contributed by atoms with Gasteiger partial charge in [-0.25, -0.2) is 17.2 Å². The van der Waals surface area contributed by atoms with Crippen LogP contribution in [0.25, 0.3) is 0 Å². The van der Waals surface area contributed by atoms with Gasteiger partial charge in [-0.1, -0.05) is 12.2 Å². The van der Waals surface area contributed by atoms with Crippen molar-refractivity contribution in [3.05, 3.63) is 53.9 Å². The number of nitrogens with two attached hydrogens (primary N) is 1. The maximum atomic E-state index is 13.4. The standard InChI is InChI=1S/C12H9F2N3O2S2/c13-7-3-9(6-16-5-7)21(18,19)17-8-1-2-11(14)10(4-8)12(15)20/h1-6,17H,(H2,15,20). The van der Waals surface area contributed by atoms with Crippen LogP contribution in [0.2, 0.25) is 0 Å². The Morgan fingerprint density at radius 3 is 2.57 bits per heavy atom. The smallest absolute Gasteiger partial charge is 0.263 e. The minimum atomic E-state index is -4.05. The van der Waals surface area contributed by atoms with Gasteiger partial charge in [0.15, 0.2) is 0 Å². The number of thiocarbonyl (C=S) groups is 1. The van der Waals surface area contributed by atoms with Crippen molar-refractivity contribution in [3.8, 4) is 0 Å². The zero-order valence-electron chi connectivity index (χ0n) is 10.4. The molecule has 2 aromatic rings. The van der Waals surface area contributed by atoms with Crippen molar-refractivity contribution in [2.45, 2.75) is 4.90 Å². The van der Waals surface area contributed by atoms with E-state index in [-0.39, 0.29) is 21.1 Å². The van der Waals surface area contributed by atoms with E-state index in [0.29, 0.717) is 0 Å². The lowest BCUT2D eigenvalue weighted by molar-refractivity contribution is 0.592. The summed E-state index contributed by atoms with van der Waals surface area (Å²) in [6.07, 6.45) is 1.87. The number of anilines is 1. The van der Waals surface area contributed by atoms with Crippen molar-refractivity contribution in [3.63, 3.8) is 0 Å². The highest BCUT2D eigenvalue weighted by molar-refractivity contribution is 7.92. The molecule has 0 radical (unpaired) electrons. The molecule has 0 unspecified atom stereocenters. The van der Waals surface area contributed by atoms with Gasteiger partial charge in [0.05, 0.1) is 6.20 Å². The summed E-state index contributed by atoms with van der Waals surface area (Å²) in [5, 5.41) is 0. The van der Waals surface area contributed by atoms with Crippen LogP contribution in [0, 0.1) is 11.6 Å². The molecule has 21 heavy (non-hydrogen) atoms. The molecule has 110 valence electrons. The maximum Gasteiger partial charge on any atom is 0.263 e. The maximum absolute atomic E-state index is 13.4. The summed E-state index contributed by atoms with van der Waals surface area (Å²) >= 11 is 4.66. The third kappa shape index (κ3) is 3.50. The average Bonchev–Trinajstić information content (AvgIpc) is 2.40. The summed E-state index contributed by atoms with van der Waals surface area (Å²) < 4.78 is 52.7. The summed E-state index contributed by atoms with van der Waals surface area (Å²) in [5.74, 6) is -1.46. The van der Waals surface area contributed by atoms with Gasteiger partial charge in [-0.05, 0) is 24.3 Å². The van der Waals surface area contributed by atoms with Gasteiger partial charge in [-0.15, -0.1) is 0 Å². The van der Waals surface area contributed by atoms with E-state index < -0.39 is 21.7 Å². The zero-order chi connectivity index (χ0) is 15.6. The van der Waals surface area contributed by atoms with Gasteiger partial charge in [0.25, 0.3) is 10.0 Å². The summed E-state index contributed by atoms with van der Waals surface area (Å²) in [4.78, 5) is 2.89. The van der Waals surface area contributed by atoms with Crippen LogP contribution >= 0.6 is 12.2 Å². The van der Waals surface area contributed by atoms with E-state index in [2.05, 4.69) is 21.9 Å². The number of halogens is 2. The highest BCUT2D eigenvalue weighted by Gasteiger charge is 2.16. The molecule has 0 aliphatic heterocycles. The van der Waals surface area contributed by atoms with Gasteiger partial charge in [0, 0.05) is 17.4 Å². The second-order valence-corrected chi connectivity index (χ2v) is 6.13. The van der Waals surface area contributed by atoms with Crippen molar-refractivity contribution >= 4 is 32.9 Å². The van der Waals surface area contributed by atoms with Gasteiger partial charge >= 0.3 is 0 Å². The third-order valence-corrected chi connectivity index (χ3v) is 4.04. The first kappa shape index (κ1) is 15.3. The molecule has 0 spiro atoms. The van der Waals surface area contributed by atoms with E-state index in [9.17, 15) is 17.2 Å². The Hall–Kier alpha value is -2.13. The molecular weight excluding hydrogens is 320 g/mol. The van der Waals surface area contributed by atoms with Crippen molar-refractivity contribution in [2.75, 3.05) is 4.72 Å². The Bertz CT molecular complexity index is 810. The Balaban J connectivity index is 2.37. The Kier molecular flexibility index (Phi) is 4.14. The quantitative estimate of drug-likeness (QED) is 0.836. The first-order valence-corrected chi connectivity index (χ1v) is 7.41. The summed E-state index contributed by atoms with van der Waals surface area (Å²) in [6.45, 7) is 0. The normalized spacial score (nSPS) is 11.1. The lowest BCUT2D eigenvalue weighted by Gasteiger charge is -2.09. The Morgan fingerprint density at radius 1 is 1.24 bits per heavy atom. The molecular formula is C12H9F2N3O2S2. The molecule has 1 aromatic carbocycles. The number of benzene rings is 1. The van der Waals surface area contributed by atoms with E-state index >= 15 is 0 Å². The molecule has 1 aromatic heterocycles. The van der Waals surface area contributed by atoms with Crippen LogP contribution in [0.3, 0.4) is 0 Å². The molecule has 0 fully saturated rings. The van der Waals surface area contributed by atoms with Crippen LogP contribution in [-0.4, -0.2) is 18.4 Å². The van der Waals surface area contributed by atoms with E-state index in [0.717, 1.165) is 30.6 Å². The lowest BCUT2D eigenvalue weighted by atomic mass is 10.2. The van der Waals surface area contributed by atoms with Crippen LogP contribution in [0.15, 0.2) is 41.6 Å². The van der Waals surface area contributed by atoms with Gasteiger partial charge in [0.1, 0.15) is 21.5 Å². The summed E-state index contributed by atoms with van der Waals surface area (Å²) in [6, 6.07) is 4.19. The number of hydrogen-bond donors (Lipinski definition) is 2. The van der Waals surface area contributed by atoms with Crippen molar-refractivity contribution in [1.82, 2.24) is 4.98 Å². The molecule has 0 saturated heterocycles. The summed E-state index contributed by atoms with van der Waals surface area (Å²) in [5.41, 5.74) is 5.28. The molecule has 0 bridgehead atoms. The number of rotatable bonds is 4. The molecule has 2 rings (SSSR count). The average molecular weight is 329 g/mol. The number of aromatic nitrogens is 1. The predicted molar refractivity (Wildman–Crippen MR) is 77.3 cm³/mol. The van der Waals surface area contributed by atoms with Crippen molar-refractivity contribution < 1.29 is 17.2 Å². The first-order chi connectivity index (χ1) is 9.79. The Morgan fingerprint density at radius 2 is 1.95 bits per heavy atom. The molecule has 1 heterocycles. The molecule has 3 N–H and O–H groups in total. The van der Waals surface area contributed by atoms with Crippen molar-refractivity contribution in [2.24, 2.45) is 5.73 Å². The van der Waals surface area contributed by atoms with Gasteiger partial charge in [0.2, 0.25) is 0 Å². The van der Waals surface area contributed by atoms with E-state index in [1.807, 2.05) is 0 Å². The topological polar surface area (TPSA) is 85.1 Å². The van der Waals surface area contributed by atoms with Crippen LogP contribution in [0.1, 0.15) is 5.56 Å². The number of sulfonamides is 1. The first-order valence-electron chi connectivity index (χ1n) is 5.52. The number of nitrogens with zero attached hydrogens (tertiary/aromatic N) is 1. The number of nitrogens with one attached hydrogen (secondary N) is 1. The molecule has 0 aliphatic rings. The van der Waals surface area contributed by atoms with E-state index in [4.69, 9.17) is 5.73 Å². The summed E-state index contributed by atoms with van der Waals surface area (Å²) in [7, 11) is -4.05. The zero-order valence-corrected chi connectivity index (χ0v) is 12.0. The fraction of sp³-hybridized carbons (Fsp3) is 0. The molecule has 0 aliphatic carbocycles. The fourth-order valence-corrected chi connectivity index (χ4v) is 2.71. The second kappa shape index (κ2) is 5.70. The van der Waals surface area contributed by atoms with Gasteiger partial charge in [-0.2, -0.15) is 0 Å². The highest BCUT2D eigenvalue weighted by atomic mass is 32.2. The van der Waals surface area contributed by atoms with Gasteiger partial charge < -0.3 is 5.73 Å². The number of hydrogen-bond acceptors (Lipinski definition) is 4. The molecule has 0 amide bonds. The van der Waals surface area contributed by atoms with Crippen molar-refractivity contribution in [1.29, 1.82) is 0 Å². The van der Waals surface area contributed by atoms with Crippen LogP contribution in [0.5, 0.6) is 0 Å². The van der Waals surface area contributed by atoms with Crippen LogP contribution < -0.4 is 10.5 Å². The number of pyridine rings is 1. The fourth-order valence-electron chi connectivity index (χ4n) is 1.53. The monoisotopic (exact) mass is 329 g/mol. The Labute approximate surface area is 124 Å². The largest absolute Gasteiger partial charge is 0.389 e. The molecule has 5 nitrogen and oxygen atoms in total. The van der Waals surface area contributed by atoms with E-state index in [1.54, 1.807) is 0 Å². The molecule has 9 heteroatoms. The minimum Gasteiger partial charge on any atom is -0.389 e. The van der Waals surface area contributed by atoms with Crippen LogP contribution in [0.4, 0.5) is 14.5 Å². The highest BCUT2D eigenvalue weighted by Crippen LogP contribution is 2.19. The predicted octanol–water partition coefficient (Wildman–Crippen LogP) is 1.79. The molecule has 0 atom stereocenters. The third-order valence-electron chi connectivity index (χ3n) is 2.47. The van der Waals surface area contributed by atoms with Gasteiger partial charge in [-0.3, -0.25) is 9.71 Å².